The normalized spacial score (nSPS) is 18.1. The highest BCUT2D eigenvalue weighted by Crippen LogP contribution is 2.05. The van der Waals surface area contributed by atoms with Gasteiger partial charge in [0.2, 0.25) is 11.8 Å². The molecule has 0 bridgehead atoms. The fourth-order valence-electron chi connectivity index (χ4n) is 1.75. The molecule has 2 N–H and O–H groups in total. The zero-order valence-corrected chi connectivity index (χ0v) is 12.2. The Kier molecular flexibility index (Phi) is 5.72. The van der Waals surface area contributed by atoms with Gasteiger partial charge in [-0.3, -0.25) is 38.6 Å². The third-order valence-corrected chi connectivity index (χ3v) is 2.88. The number of amides is 6. The third kappa shape index (κ3) is 4.11. The number of carbonyl (C=O) groups excluding carboxylic acids is 6. The summed E-state index contributed by atoms with van der Waals surface area (Å²) in [6.07, 6.45) is 0. The van der Waals surface area contributed by atoms with E-state index < -0.39 is 35.4 Å². The molecule has 0 saturated carbocycles. The van der Waals surface area contributed by atoms with E-state index in [0.717, 1.165) is 9.80 Å². The summed E-state index contributed by atoms with van der Waals surface area (Å²) in [5, 5.41) is 4.76. The second-order valence-electron chi connectivity index (χ2n) is 4.46. The van der Waals surface area contributed by atoms with Gasteiger partial charge in [-0.25, -0.2) is 0 Å². The number of nitrogens with one attached hydrogen (secondary N) is 2. The molecule has 0 aromatic rings. The molecule has 2 aliphatic rings. The summed E-state index contributed by atoms with van der Waals surface area (Å²) in [6, 6.07) is 0. The van der Waals surface area contributed by atoms with Crippen molar-refractivity contribution in [2.24, 2.45) is 0 Å². The van der Waals surface area contributed by atoms with Crippen LogP contribution in [0.5, 0.6) is 0 Å². The maximum absolute atomic E-state index is 11.2. The van der Waals surface area contributed by atoms with Gasteiger partial charge in [-0.05, 0) is 0 Å². The van der Waals surface area contributed by atoms with Gasteiger partial charge in [-0.2, -0.15) is 0 Å². The van der Waals surface area contributed by atoms with Gasteiger partial charge in [0.05, 0.1) is 0 Å². The summed E-state index contributed by atoms with van der Waals surface area (Å²) < 4.78 is 0. The average Bonchev–Trinajstić information content (AvgIpc) is 2.45. The number of imide groups is 2. The van der Waals surface area contributed by atoms with Gasteiger partial charge in [0.25, 0.3) is 0 Å². The molecule has 2 fully saturated rings. The fourth-order valence-corrected chi connectivity index (χ4v) is 1.75. The Morgan fingerprint density at radius 3 is 1.32 bits per heavy atom. The molecule has 6 amide bonds. The first kappa shape index (κ1) is 17.3. The van der Waals surface area contributed by atoms with Crippen molar-refractivity contribution in [3.8, 4) is 0 Å². The molecule has 0 unspecified atom stereocenters. The lowest BCUT2D eigenvalue weighted by Crippen LogP contribution is -2.56. The number of hydrogen-bond donors (Lipinski definition) is 2. The van der Waals surface area contributed by atoms with Crippen molar-refractivity contribution in [2.45, 2.75) is 13.8 Å². The second kappa shape index (κ2) is 7.29. The predicted molar refractivity (Wildman–Crippen MR) is 70.8 cm³/mol. The van der Waals surface area contributed by atoms with Crippen LogP contribution < -0.4 is 10.6 Å². The Morgan fingerprint density at radius 1 is 0.773 bits per heavy atom. The van der Waals surface area contributed by atoms with Crippen molar-refractivity contribution in [3.63, 3.8) is 0 Å². The average molecular weight is 312 g/mol. The van der Waals surface area contributed by atoms with E-state index in [9.17, 15) is 28.8 Å². The number of rotatable bonds is 0. The van der Waals surface area contributed by atoms with Crippen molar-refractivity contribution >= 4 is 35.4 Å². The van der Waals surface area contributed by atoms with E-state index in [2.05, 4.69) is 10.6 Å². The molecule has 0 aromatic carbocycles. The number of hydrogen-bond acceptors (Lipinski definition) is 6. The van der Waals surface area contributed by atoms with Gasteiger partial charge in [0.1, 0.15) is 0 Å². The highest BCUT2D eigenvalue weighted by atomic mass is 16.2. The Morgan fingerprint density at radius 2 is 1.09 bits per heavy atom. The van der Waals surface area contributed by atoms with E-state index in [0.29, 0.717) is 13.1 Å². The van der Waals surface area contributed by atoms with E-state index in [1.165, 1.54) is 13.8 Å². The van der Waals surface area contributed by atoms with E-state index >= 15 is 0 Å². The molecule has 0 aliphatic carbocycles. The molecule has 22 heavy (non-hydrogen) atoms. The van der Waals surface area contributed by atoms with E-state index in [1.54, 1.807) is 0 Å². The lowest BCUT2D eigenvalue weighted by Gasteiger charge is -2.29. The first-order valence-electron chi connectivity index (χ1n) is 6.46. The highest BCUT2D eigenvalue weighted by molar-refractivity contribution is 6.40. The molecule has 2 saturated heterocycles. The van der Waals surface area contributed by atoms with E-state index in [-0.39, 0.29) is 13.1 Å². The summed E-state index contributed by atoms with van der Waals surface area (Å²) in [7, 11) is 0. The number of piperazine rings is 2. The minimum absolute atomic E-state index is 0.0828. The quantitative estimate of drug-likeness (QED) is 0.457. The lowest BCUT2D eigenvalue weighted by atomic mass is 10.3. The zero-order chi connectivity index (χ0) is 16.9. The summed E-state index contributed by atoms with van der Waals surface area (Å²) in [6.45, 7) is 3.66. The maximum atomic E-state index is 11.2. The van der Waals surface area contributed by atoms with Crippen LogP contribution in [-0.4, -0.2) is 71.4 Å². The first-order valence-corrected chi connectivity index (χ1v) is 6.46. The van der Waals surface area contributed by atoms with Gasteiger partial charge in [0.15, 0.2) is 0 Å². The van der Waals surface area contributed by atoms with Crippen LogP contribution in [0.25, 0.3) is 0 Å². The molecular formula is C12H16N4O6. The van der Waals surface area contributed by atoms with Crippen LogP contribution in [0.4, 0.5) is 0 Å². The molecule has 0 aromatic heterocycles. The summed E-state index contributed by atoms with van der Waals surface area (Å²) in [4.78, 5) is 66.5. The zero-order valence-electron chi connectivity index (χ0n) is 12.2. The topological polar surface area (TPSA) is 133 Å². The first-order chi connectivity index (χ1) is 10.3. The summed E-state index contributed by atoms with van der Waals surface area (Å²) >= 11 is 0. The fraction of sp³-hybridized carbons (Fsp3) is 0.500. The molecule has 0 atom stereocenters. The van der Waals surface area contributed by atoms with Crippen LogP contribution in [0.3, 0.4) is 0 Å². The van der Waals surface area contributed by atoms with Crippen molar-refractivity contribution in [1.82, 2.24) is 20.4 Å². The molecule has 2 rings (SSSR count). The van der Waals surface area contributed by atoms with Crippen molar-refractivity contribution < 1.29 is 28.8 Å². The smallest absolute Gasteiger partial charge is 0.319 e. The van der Waals surface area contributed by atoms with Crippen LogP contribution in [-0.2, 0) is 28.8 Å². The molecule has 2 aliphatic heterocycles. The van der Waals surface area contributed by atoms with Crippen LogP contribution in [0, 0.1) is 0 Å². The minimum Gasteiger partial charge on any atom is -0.346 e. The molecule has 2 heterocycles. The van der Waals surface area contributed by atoms with Crippen molar-refractivity contribution in [2.75, 3.05) is 26.2 Å². The van der Waals surface area contributed by atoms with Crippen LogP contribution >= 0.6 is 0 Å². The minimum atomic E-state index is -0.932. The van der Waals surface area contributed by atoms with Crippen LogP contribution in [0.15, 0.2) is 0 Å². The van der Waals surface area contributed by atoms with Gasteiger partial charge < -0.3 is 10.6 Å². The second-order valence-corrected chi connectivity index (χ2v) is 4.46. The molecular weight excluding hydrogens is 296 g/mol. The standard InChI is InChI=1S/C8H10N2O4.C4H6N2O2/c1-5(11)9-3-4-10(6(2)12)8(14)7(9)13;7-3-4(8)6-2-1-5-3/h3-4H2,1-2H3;1-2H2,(H,5,7)(H,6,8). The lowest BCUT2D eigenvalue weighted by molar-refractivity contribution is -0.164. The summed E-state index contributed by atoms with van der Waals surface area (Å²) in [5.41, 5.74) is 0. The van der Waals surface area contributed by atoms with Gasteiger partial charge in [-0.15, -0.1) is 0 Å². The molecule has 0 spiro atoms. The van der Waals surface area contributed by atoms with Crippen LogP contribution in [0.2, 0.25) is 0 Å². The summed E-state index contributed by atoms with van der Waals surface area (Å²) in [5.74, 6) is -3.89. The maximum Gasteiger partial charge on any atom is 0.319 e. The highest BCUT2D eigenvalue weighted by Gasteiger charge is 2.36. The SMILES string of the molecule is CC(=O)N1CCN(C(C)=O)C(=O)C1=O.O=C1NCCNC1=O. The largest absolute Gasteiger partial charge is 0.346 e. The molecule has 10 heteroatoms. The van der Waals surface area contributed by atoms with E-state index in [4.69, 9.17) is 0 Å². The molecule has 0 radical (unpaired) electrons. The number of carbonyl (C=O) groups is 6. The molecule has 10 nitrogen and oxygen atoms in total. The Labute approximate surface area is 125 Å². The molecule has 120 valence electrons. The van der Waals surface area contributed by atoms with E-state index in [1.807, 2.05) is 0 Å². The third-order valence-electron chi connectivity index (χ3n) is 2.88. The van der Waals surface area contributed by atoms with Gasteiger partial charge in [0, 0.05) is 40.0 Å². The predicted octanol–water partition coefficient (Wildman–Crippen LogP) is -3.02. The van der Waals surface area contributed by atoms with Crippen molar-refractivity contribution in [1.29, 1.82) is 0 Å². The van der Waals surface area contributed by atoms with Gasteiger partial charge >= 0.3 is 23.6 Å². The van der Waals surface area contributed by atoms with Crippen LogP contribution in [0.1, 0.15) is 13.8 Å². The Balaban J connectivity index is 0.000000255. The monoisotopic (exact) mass is 312 g/mol. The number of nitrogens with zero attached hydrogens (tertiary/aromatic N) is 2. The van der Waals surface area contributed by atoms with Crippen molar-refractivity contribution in [3.05, 3.63) is 0 Å². The van der Waals surface area contributed by atoms with Gasteiger partial charge in [-0.1, -0.05) is 0 Å². The Hall–Kier alpha value is -2.78. The Bertz CT molecular complexity index is 496.